The number of aromatic nitrogens is 1. The van der Waals surface area contributed by atoms with Crippen LogP contribution in [0.3, 0.4) is 0 Å². The van der Waals surface area contributed by atoms with Crippen LogP contribution >= 0.6 is 11.6 Å². The summed E-state index contributed by atoms with van der Waals surface area (Å²) in [4.78, 5) is 15.9. The first-order chi connectivity index (χ1) is 12.7. The molecule has 0 bridgehead atoms. The Morgan fingerprint density at radius 2 is 2.04 bits per heavy atom. The van der Waals surface area contributed by atoms with Gasteiger partial charge in [0.05, 0.1) is 30.9 Å². The van der Waals surface area contributed by atoms with Gasteiger partial charge in [-0.2, -0.15) is 13.2 Å². The van der Waals surface area contributed by atoms with Crippen LogP contribution in [0, 0.1) is 0 Å². The molecule has 146 valence electrons. The minimum Gasteiger partial charge on any atom is -0.507 e. The molecule has 1 amide bonds. The number of anilines is 1. The minimum absolute atomic E-state index is 0.00539. The minimum atomic E-state index is -4.53. The molecule has 2 rings (SSSR count). The molecule has 2 aromatic rings. The van der Waals surface area contributed by atoms with E-state index in [2.05, 4.69) is 10.3 Å². The van der Waals surface area contributed by atoms with E-state index in [0.717, 1.165) is 12.1 Å². The quantitative estimate of drug-likeness (QED) is 0.685. The molecule has 0 atom stereocenters. The van der Waals surface area contributed by atoms with E-state index in [1.165, 1.54) is 19.2 Å². The summed E-state index contributed by atoms with van der Waals surface area (Å²) in [5, 5.41) is 12.8. The summed E-state index contributed by atoms with van der Waals surface area (Å²) in [6.45, 7) is 0.627. The van der Waals surface area contributed by atoms with E-state index in [1.807, 2.05) is 0 Å². The lowest BCUT2D eigenvalue weighted by atomic mass is 10.1. The third-order valence-corrected chi connectivity index (χ3v) is 3.64. The molecule has 10 heteroatoms. The van der Waals surface area contributed by atoms with Crippen LogP contribution in [0.1, 0.15) is 21.5 Å². The zero-order valence-electron chi connectivity index (χ0n) is 14.1. The summed E-state index contributed by atoms with van der Waals surface area (Å²) >= 11 is 5.97. The Hall–Kier alpha value is -2.36. The second kappa shape index (κ2) is 9.03. The van der Waals surface area contributed by atoms with Gasteiger partial charge in [-0.25, -0.2) is 4.98 Å². The van der Waals surface area contributed by atoms with Crippen molar-refractivity contribution >= 4 is 23.3 Å². The van der Waals surface area contributed by atoms with Crippen LogP contribution in [0.5, 0.6) is 5.75 Å². The molecule has 27 heavy (non-hydrogen) atoms. The number of methoxy groups -OCH3 is 1. The summed E-state index contributed by atoms with van der Waals surface area (Å²) < 4.78 is 47.8. The van der Waals surface area contributed by atoms with Crippen molar-refractivity contribution in [3.63, 3.8) is 0 Å². The summed E-state index contributed by atoms with van der Waals surface area (Å²) in [6, 6.07) is 4.47. The van der Waals surface area contributed by atoms with Gasteiger partial charge in [0.1, 0.15) is 11.6 Å². The van der Waals surface area contributed by atoms with Crippen molar-refractivity contribution in [1.29, 1.82) is 0 Å². The van der Waals surface area contributed by atoms with Gasteiger partial charge in [0.25, 0.3) is 5.91 Å². The lowest BCUT2D eigenvalue weighted by Gasteiger charge is -2.12. The van der Waals surface area contributed by atoms with Crippen LogP contribution in [-0.2, 0) is 22.3 Å². The van der Waals surface area contributed by atoms with Crippen LogP contribution in [0.2, 0.25) is 5.02 Å². The van der Waals surface area contributed by atoms with Crippen molar-refractivity contribution in [3.05, 3.63) is 52.2 Å². The van der Waals surface area contributed by atoms with E-state index in [-0.39, 0.29) is 40.9 Å². The Balaban J connectivity index is 2.14. The fraction of sp³-hybridized carbons (Fsp3) is 0.294. The number of halogens is 4. The highest BCUT2D eigenvalue weighted by molar-refractivity contribution is 6.31. The number of carbonyl (C=O) groups excluding carboxylic acids is 1. The largest absolute Gasteiger partial charge is 0.507 e. The molecule has 0 radical (unpaired) electrons. The number of nitrogens with zero attached hydrogens (tertiary/aromatic N) is 1. The topological polar surface area (TPSA) is 80.7 Å². The fourth-order valence-corrected chi connectivity index (χ4v) is 2.32. The van der Waals surface area contributed by atoms with Gasteiger partial charge in [-0.3, -0.25) is 4.79 Å². The van der Waals surface area contributed by atoms with Crippen molar-refractivity contribution in [2.45, 2.75) is 12.8 Å². The maximum Gasteiger partial charge on any atom is 0.417 e. The van der Waals surface area contributed by atoms with Gasteiger partial charge in [0.15, 0.2) is 0 Å². The number of carbonyl (C=O) groups is 1. The highest BCUT2D eigenvalue weighted by atomic mass is 35.5. The fourth-order valence-electron chi connectivity index (χ4n) is 2.08. The van der Waals surface area contributed by atoms with E-state index in [9.17, 15) is 23.1 Å². The summed E-state index contributed by atoms with van der Waals surface area (Å²) in [7, 11) is 1.51. The number of benzene rings is 1. The van der Waals surface area contributed by atoms with Crippen LogP contribution in [0.15, 0.2) is 30.5 Å². The second-order valence-electron chi connectivity index (χ2n) is 5.39. The predicted octanol–water partition coefficient (Wildman–Crippen LogP) is 3.87. The lowest BCUT2D eigenvalue weighted by Crippen LogP contribution is -2.15. The standard InChI is InChI=1S/C17H16ClF3N2O4/c1-26-4-5-27-9-10-6-12(18)7-13(15(10)24)16(25)23-14-3-2-11(8-22-14)17(19,20)21/h2-3,6-8,24H,4-5,9H2,1H3,(H,22,23,25). The van der Waals surface area contributed by atoms with Crippen molar-refractivity contribution in [3.8, 4) is 5.75 Å². The third kappa shape index (κ3) is 5.81. The molecular weight excluding hydrogens is 389 g/mol. The zero-order chi connectivity index (χ0) is 20.0. The number of aromatic hydroxyl groups is 1. The van der Waals surface area contributed by atoms with Crippen LogP contribution in [-0.4, -0.2) is 36.3 Å². The van der Waals surface area contributed by atoms with Gasteiger partial charge < -0.3 is 19.9 Å². The monoisotopic (exact) mass is 404 g/mol. The van der Waals surface area contributed by atoms with Gasteiger partial charge in [-0.15, -0.1) is 0 Å². The molecule has 0 aliphatic rings. The van der Waals surface area contributed by atoms with E-state index >= 15 is 0 Å². The molecule has 1 aromatic heterocycles. The smallest absolute Gasteiger partial charge is 0.417 e. The number of hydrogen-bond acceptors (Lipinski definition) is 5. The Labute approximate surface area is 157 Å². The molecule has 2 N–H and O–H groups in total. The number of ether oxygens (including phenoxy) is 2. The Bertz CT molecular complexity index is 798. The van der Waals surface area contributed by atoms with E-state index in [1.54, 1.807) is 0 Å². The highest BCUT2D eigenvalue weighted by Crippen LogP contribution is 2.30. The summed E-state index contributed by atoms with van der Waals surface area (Å²) in [6.07, 6.45) is -3.93. The molecule has 1 heterocycles. The van der Waals surface area contributed by atoms with Crippen LogP contribution in [0.4, 0.5) is 19.0 Å². The number of amides is 1. The predicted molar refractivity (Wildman–Crippen MR) is 91.8 cm³/mol. The highest BCUT2D eigenvalue weighted by Gasteiger charge is 2.30. The van der Waals surface area contributed by atoms with Crippen molar-refractivity contribution in [2.24, 2.45) is 0 Å². The molecular formula is C17H16ClF3N2O4. The van der Waals surface area contributed by atoms with E-state index in [4.69, 9.17) is 21.1 Å². The van der Waals surface area contributed by atoms with Gasteiger partial charge >= 0.3 is 6.18 Å². The van der Waals surface area contributed by atoms with Gasteiger partial charge in [0.2, 0.25) is 0 Å². The summed E-state index contributed by atoms with van der Waals surface area (Å²) in [5.74, 6) is -1.23. The van der Waals surface area contributed by atoms with Gasteiger partial charge in [-0.05, 0) is 24.3 Å². The Morgan fingerprint density at radius 1 is 1.30 bits per heavy atom. The number of phenolic OH excluding ortho intramolecular Hbond substituents is 1. The van der Waals surface area contributed by atoms with Crippen molar-refractivity contribution < 1.29 is 32.5 Å². The number of hydrogen-bond donors (Lipinski definition) is 2. The second-order valence-corrected chi connectivity index (χ2v) is 5.83. The van der Waals surface area contributed by atoms with Crippen molar-refractivity contribution in [2.75, 3.05) is 25.6 Å². The first-order valence-corrected chi connectivity index (χ1v) is 8.03. The molecule has 0 unspecified atom stereocenters. The number of rotatable bonds is 7. The average Bonchev–Trinajstić information content (AvgIpc) is 2.60. The molecule has 0 spiro atoms. The van der Waals surface area contributed by atoms with Crippen molar-refractivity contribution in [1.82, 2.24) is 4.98 Å². The van der Waals surface area contributed by atoms with Gasteiger partial charge in [-0.1, -0.05) is 11.6 Å². The maximum absolute atomic E-state index is 12.5. The Morgan fingerprint density at radius 3 is 2.63 bits per heavy atom. The first-order valence-electron chi connectivity index (χ1n) is 7.65. The normalized spacial score (nSPS) is 11.4. The Kier molecular flexibility index (Phi) is 7.00. The number of phenols is 1. The van der Waals surface area contributed by atoms with Crippen LogP contribution in [0.25, 0.3) is 0 Å². The SMILES string of the molecule is COCCOCc1cc(Cl)cc(C(=O)Nc2ccc(C(F)(F)F)cn2)c1O. The molecule has 0 aliphatic heterocycles. The molecule has 0 saturated carbocycles. The summed E-state index contributed by atoms with van der Waals surface area (Å²) in [5.41, 5.74) is -0.819. The molecule has 1 aromatic carbocycles. The van der Waals surface area contributed by atoms with E-state index in [0.29, 0.717) is 12.8 Å². The maximum atomic E-state index is 12.5. The molecule has 0 aliphatic carbocycles. The lowest BCUT2D eigenvalue weighted by molar-refractivity contribution is -0.137. The van der Waals surface area contributed by atoms with E-state index < -0.39 is 17.6 Å². The number of nitrogens with one attached hydrogen (secondary N) is 1. The molecule has 6 nitrogen and oxygen atoms in total. The number of pyridine rings is 1. The third-order valence-electron chi connectivity index (χ3n) is 3.42. The molecule has 0 saturated heterocycles. The first kappa shape index (κ1) is 20.9. The molecule has 0 fully saturated rings. The van der Waals surface area contributed by atoms with Crippen LogP contribution < -0.4 is 5.32 Å². The number of alkyl halides is 3. The zero-order valence-corrected chi connectivity index (χ0v) is 14.9. The van der Waals surface area contributed by atoms with Gasteiger partial charge in [0, 0.05) is 23.9 Å². The average molecular weight is 405 g/mol.